The normalized spacial score (nSPS) is 12.7. The number of aliphatic carboxylic acids is 1. The smallest absolute Gasteiger partial charge is 0.326 e. The maximum atomic E-state index is 12.4. The number of nitrogen functional groups attached to an aromatic ring is 1. The van der Waals surface area contributed by atoms with E-state index in [9.17, 15) is 14.7 Å². The zero-order valence-electron chi connectivity index (χ0n) is 12.8. The Morgan fingerprint density at radius 1 is 1.29 bits per heavy atom. The lowest BCUT2D eigenvalue weighted by molar-refractivity contribution is -0.142. The van der Waals surface area contributed by atoms with Gasteiger partial charge in [-0.1, -0.05) is 31.9 Å². The van der Waals surface area contributed by atoms with E-state index >= 15 is 0 Å². The predicted octanol–water partition coefficient (Wildman–Crippen LogP) is 2.31. The van der Waals surface area contributed by atoms with Gasteiger partial charge in [-0.05, 0) is 38.0 Å². The van der Waals surface area contributed by atoms with Crippen LogP contribution < -0.4 is 11.1 Å². The fourth-order valence-electron chi connectivity index (χ4n) is 2.04. The lowest BCUT2D eigenvalue weighted by atomic mass is 9.83. The number of carboxylic acid groups (broad SMARTS) is 1. The minimum absolute atomic E-state index is 0.296. The molecule has 0 aliphatic carbocycles. The Balaban J connectivity index is 2.84. The molecule has 0 aromatic heterocycles. The van der Waals surface area contributed by atoms with Crippen molar-refractivity contribution in [3.63, 3.8) is 0 Å². The number of nitrogens with two attached hydrogens (primary N) is 1. The van der Waals surface area contributed by atoms with Crippen molar-refractivity contribution in [1.82, 2.24) is 5.32 Å². The average Bonchev–Trinajstić information content (AvgIpc) is 2.43. The van der Waals surface area contributed by atoms with E-state index in [2.05, 4.69) is 5.32 Å². The number of rotatable bonds is 7. The van der Waals surface area contributed by atoms with E-state index in [-0.39, 0.29) is 5.91 Å². The van der Waals surface area contributed by atoms with Crippen LogP contribution in [0.5, 0.6) is 0 Å². The third-order valence-electron chi connectivity index (χ3n) is 3.65. The highest BCUT2D eigenvalue weighted by Crippen LogP contribution is 2.24. The first-order chi connectivity index (χ1) is 9.78. The first-order valence-corrected chi connectivity index (χ1v) is 7.18. The van der Waals surface area contributed by atoms with Crippen LogP contribution in [0.15, 0.2) is 24.3 Å². The maximum Gasteiger partial charge on any atom is 0.326 e. The predicted molar refractivity (Wildman–Crippen MR) is 83.0 cm³/mol. The Labute approximate surface area is 125 Å². The number of amides is 1. The first-order valence-electron chi connectivity index (χ1n) is 7.18. The summed E-state index contributed by atoms with van der Waals surface area (Å²) in [7, 11) is 0. The monoisotopic (exact) mass is 292 g/mol. The second kappa shape index (κ2) is 7.11. The number of carbonyl (C=O) groups excluding carboxylic acids is 1. The SMILES string of the molecule is CCCCC(NC(=O)C(C)(C)c1ccc(N)cc1)C(=O)O. The molecular weight excluding hydrogens is 268 g/mol. The highest BCUT2D eigenvalue weighted by molar-refractivity contribution is 5.90. The molecule has 0 fully saturated rings. The van der Waals surface area contributed by atoms with Crippen molar-refractivity contribution in [3.05, 3.63) is 29.8 Å². The Bertz CT molecular complexity index is 495. The van der Waals surface area contributed by atoms with Crippen LogP contribution in [0.2, 0.25) is 0 Å². The van der Waals surface area contributed by atoms with Gasteiger partial charge in [0.15, 0.2) is 0 Å². The van der Waals surface area contributed by atoms with E-state index in [0.29, 0.717) is 12.1 Å². The molecule has 1 aromatic carbocycles. The zero-order valence-corrected chi connectivity index (χ0v) is 12.8. The number of nitrogens with one attached hydrogen (secondary N) is 1. The summed E-state index contributed by atoms with van der Waals surface area (Å²) < 4.78 is 0. The Hall–Kier alpha value is -2.04. The van der Waals surface area contributed by atoms with Crippen molar-refractivity contribution < 1.29 is 14.7 Å². The van der Waals surface area contributed by atoms with E-state index in [1.807, 2.05) is 6.92 Å². The van der Waals surface area contributed by atoms with E-state index < -0.39 is 17.4 Å². The average molecular weight is 292 g/mol. The first kappa shape index (κ1) is 17.0. The van der Waals surface area contributed by atoms with Gasteiger partial charge < -0.3 is 16.2 Å². The van der Waals surface area contributed by atoms with Crippen LogP contribution in [-0.2, 0) is 15.0 Å². The van der Waals surface area contributed by atoms with E-state index in [1.165, 1.54) is 0 Å². The zero-order chi connectivity index (χ0) is 16.0. The summed E-state index contributed by atoms with van der Waals surface area (Å²) in [5.41, 5.74) is 6.26. The van der Waals surface area contributed by atoms with Gasteiger partial charge in [-0.25, -0.2) is 4.79 Å². The number of hydrogen-bond donors (Lipinski definition) is 3. The number of unbranched alkanes of at least 4 members (excludes halogenated alkanes) is 1. The molecule has 5 heteroatoms. The molecule has 0 saturated heterocycles. The third kappa shape index (κ3) is 4.48. The molecule has 0 aliphatic heterocycles. The summed E-state index contributed by atoms with van der Waals surface area (Å²) in [4.78, 5) is 23.6. The van der Waals surface area contributed by atoms with Crippen LogP contribution in [0, 0.1) is 0 Å². The van der Waals surface area contributed by atoms with Crippen LogP contribution in [0.4, 0.5) is 5.69 Å². The molecule has 0 spiro atoms. The van der Waals surface area contributed by atoms with Gasteiger partial charge in [0.2, 0.25) is 5.91 Å². The Kier molecular flexibility index (Phi) is 5.76. The van der Waals surface area contributed by atoms with Gasteiger partial charge in [-0.2, -0.15) is 0 Å². The molecule has 1 rings (SSSR count). The third-order valence-corrected chi connectivity index (χ3v) is 3.65. The highest BCUT2D eigenvalue weighted by Gasteiger charge is 2.32. The summed E-state index contributed by atoms with van der Waals surface area (Å²) in [5, 5.41) is 11.8. The molecule has 4 N–H and O–H groups in total. The second-order valence-electron chi connectivity index (χ2n) is 5.75. The summed E-state index contributed by atoms with van der Waals surface area (Å²) in [6.45, 7) is 5.53. The van der Waals surface area contributed by atoms with Crippen molar-refractivity contribution in [2.24, 2.45) is 0 Å². The van der Waals surface area contributed by atoms with Gasteiger partial charge in [-0.15, -0.1) is 0 Å². The van der Waals surface area contributed by atoms with Gasteiger partial charge in [0, 0.05) is 5.69 Å². The van der Waals surface area contributed by atoms with Gasteiger partial charge in [-0.3, -0.25) is 4.79 Å². The van der Waals surface area contributed by atoms with Crippen LogP contribution in [-0.4, -0.2) is 23.0 Å². The molecule has 1 amide bonds. The summed E-state index contributed by atoms with van der Waals surface area (Å²) in [5.74, 6) is -1.29. The molecule has 0 radical (unpaired) electrons. The highest BCUT2D eigenvalue weighted by atomic mass is 16.4. The van der Waals surface area contributed by atoms with Crippen LogP contribution in [0.3, 0.4) is 0 Å². The molecule has 21 heavy (non-hydrogen) atoms. The summed E-state index contributed by atoms with van der Waals surface area (Å²) in [6.07, 6.45) is 2.09. The number of hydrogen-bond acceptors (Lipinski definition) is 3. The summed E-state index contributed by atoms with van der Waals surface area (Å²) in [6, 6.07) is 6.20. The Morgan fingerprint density at radius 3 is 2.33 bits per heavy atom. The van der Waals surface area contributed by atoms with Gasteiger partial charge in [0.1, 0.15) is 6.04 Å². The van der Waals surface area contributed by atoms with Crippen molar-refractivity contribution in [3.8, 4) is 0 Å². The van der Waals surface area contributed by atoms with Crippen LogP contribution in [0.25, 0.3) is 0 Å². The summed E-state index contributed by atoms with van der Waals surface area (Å²) >= 11 is 0. The topological polar surface area (TPSA) is 92.4 Å². The van der Waals surface area contributed by atoms with Crippen molar-refractivity contribution in [1.29, 1.82) is 0 Å². The van der Waals surface area contributed by atoms with E-state index in [4.69, 9.17) is 5.73 Å². The van der Waals surface area contributed by atoms with Crippen LogP contribution in [0.1, 0.15) is 45.6 Å². The Morgan fingerprint density at radius 2 is 1.86 bits per heavy atom. The molecular formula is C16H24N2O3. The lowest BCUT2D eigenvalue weighted by Crippen LogP contribution is -2.48. The molecule has 0 saturated carbocycles. The number of anilines is 1. The van der Waals surface area contributed by atoms with Crippen molar-refractivity contribution >= 4 is 17.6 Å². The molecule has 1 atom stereocenters. The van der Waals surface area contributed by atoms with Crippen molar-refractivity contribution in [2.75, 3.05) is 5.73 Å². The molecule has 0 heterocycles. The number of benzene rings is 1. The van der Waals surface area contributed by atoms with E-state index in [1.54, 1.807) is 38.1 Å². The molecule has 1 unspecified atom stereocenters. The standard InChI is InChI=1S/C16H24N2O3/c1-4-5-6-13(14(19)20)18-15(21)16(2,3)11-7-9-12(17)10-8-11/h7-10,13H,4-6,17H2,1-3H3,(H,18,21)(H,19,20). The fourth-order valence-corrected chi connectivity index (χ4v) is 2.04. The van der Waals surface area contributed by atoms with Gasteiger partial charge in [0.25, 0.3) is 0 Å². The quantitative estimate of drug-likeness (QED) is 0.672. The minimum Gasteiger partial charge on any atom is -0.480 e. The lowest BCUT2D eigenvalue weighted by Gasteiger charge is -2.26. The molecule has 1 aromatic rings. The molecule has 116 valence electrons. The maximum absolute atomic E-state index is 12.4. The minimum atomic E-state index is -0.995. The van der Waals surface area contributed by atoms with Gasteiger partial charge in [0.05, 0.1) is 5.41 Å². The number of carboxylic acids is 1. The molecule has 0 bridgehead atoms. The second-order valence-corrected chi connectivity index (χ2v) is 5.75. The van der Waals surface area contributed by atoms with Crippen LogP contribution >= 0.6 is 0 Å². The number of carbonyl (C=O) groups is 2. The molecule has 0 aliphatic rings. The van der Waals surface area contributed by atoms with Gasteiger partial charge >= 0.3 is 5.97 Å². The van der Waals surface area contributed by atoms with E-state index in [0.717, 1.165) is 18.4 Å². The molecule has 5 nitrogen and oxygen atoms in total. The largest absolute Gasteiger partial charge is 0.480 e. The fraction of sp³-hybridized carbons (Fsp3) is 0.500. The van der Waals surface area contributed by atoms with Crippen molar-refractivity contribution in [2.45, 2.75) is 51.5 Å².